The third-order valence-electron chi connectivity index (χ3n) is 8.25. The highest BCUT2D eigenvalue weighted by atomic mass is 32.2. The molecule has 200 valence electrons. The van der Waals surface area contributed by atoms with E-state index in [1.165, 1.54) is 31.4 Å². The number of aromatic hydroxyl groups is 1. The van der Waals surface area contributed by atoms with E-state index in [4.69, 9.17) is 4.42 Å². The molecule has 3 aromatic rings. The van der Waals surface area contributed by atoms with Gasteiger partial charge in [-0.1, -0.05) is 12.1 Å². The van der Waals surface area contributed by atoms with Crippen molar-refractivity contribution >= 4 is 15.7 Å². The van der Waals surface area contributed by atoms with Crippen molar-refractivity contribution in [3.8, 4) is 5.75 Å². The number of halogens is 1. The molecule has 3 unspecified atom stereocenters. The maximum Gasteiger partial charge on any atom is 0.343 e. The molecule has 2 aromatic carbocycles. The number of aryl methyl sites for hydroxylation is 1. The first-order valence-corrected chi connectivity index (χ1v) is 15.0. The molecule has 3 aliphatic rings. The average Bonchev–Trinajstić information content (AvgIpc) is 3.72. The monoisotopic (exact) mass is 537 g/mol. The van der Waals surface area contributed by atoms with Gasteiger partial charge in [0.05, 0.1) is 10.5 Å². The van der Waals surface area contributed by atoms with Gasteiger partial charge in [0.15, 0.2) is 0 Å². The number of anilines is 1. The number of nitrogens with one attached hydrogen (secondary N) is 1. The Morgan fingerprint density at radius 3 is 2.50 bits per heavy atom. The first-order valence-electron chi connectivity index (χ1n) is 13.5. The van der Waals surface area contributed by atoms with E-state index in [2.05, 4.69) is 4.72 Å². The van der Waals surface area contributed by atoms with Crippen LogP contribution in [-0.4, -0.2) is 13.5 Å². The Bertz CT molecular complexity index is 1490. The average molecular weight is 538 g/mol. The van der Waals surface area contributed by atoms with Crippen LogP contribution in [0.1, 0.15) is 67.8 Å². The fourth-order valence-electron chi connectivity index (χ4n) is 5.92. The van der Waals surface area contributed by atoms with E-state index in [1.807, 2.05) is 6.07 Å². The van der Waals surface area contributed by atoms with Crippen molar-refractivity contribution in [1.29, 1.82) is 0 Å². The van der Waals surface area contributed by atoms with Gasteiger partial charge < -0.3 is 9.52 Å². The summed E-state index contributed by atoms with van der Waals surface area (Å²) in [7, 11) is -3.93. The normalized spacial score (nSPS) is 21.7. The van der Waals surface area contributed by atoms with Crippen LogP contribution < -0.4 is 10.3 Å². The lowest BCUT2D eigenvalue weighted by atomic mass is 9.87. The quantitative estimate of drug-likeness (QED) is 0.304. The van der Waals surface area contributed by atoms with Crippen LogP contribution >= 0.6 is 0 Å². The number of hydrogen-bond donors (Lipinski definition) is 2. The molecule has 0 radical (unpaired) electrons. The molecule has 1 heterocycles. The van der Waals surface area contributed by atoms with Gasteiger partial charge >= 0.3 is 5.63 Å². The highest BCUT2D eigenvalue weighted by Gasteiger charge is 2.46. The lowest BCUT2D eigenvalue weighted by molar-refractivity contribution is 0.398. The Morgan fingerprint density at radius 1 is 1.05 bits per heavy atom. The van der Waals surface area contributed by atoms with Crippen LogP contribution in [0.4, 0.5) is 10.1 Å². The first kappa shape index (κ1) is 25.2. The van der Waals surface area contributed by atoms with Crippen molar-refractivity contribution in [2.75, 3.05) is 4.72 Å². The summed E-state index contributed by atoms with van der Waals surface area (Å²) in [4.78, 5) is 13.1. The highest BCUT2D eigenvalue weighted by molar-refractivity contribution is 7.92. The second-order valence-electron chi connectivity index (χ2n) is 11.2. The molecule has 3 atom stereocenters. The number of hydrogen-bond acceptors (Lipinski definition) is 5. The second-order valence-corrected chi connectivity index (χ2v) is 12.9. The van der Waals surface area contributed by atoms with Crippen LogP contribution in [0.25, 0.3) is 0 Å². The van der Waals surface area contributed by atoms with Crippen LogP contribution in [0.3, 0.4) is 0 Å². The van der Waals surface area contributed by atoms with Crippen molar-refractivity contribution in [3.63, 3.8) is 0 Å². The van der Waals surface area contributed by atoms with E-state index < -0.39 is 27.4 Å². The number of benzene rings is 2. The Morgan fingerprint density at radius 2 is 1.82 bits per heavy atom. The molecule has 8 heteroatoms. The molecule has 0 saturated heterocycles. The molecule has 1 aromatic heterocycles. The van der Waals surface area contributed by atoms with E-state index in [1.54, 1.807) is 24.3 Å². The molecular weight excluding hydrogens is 505 g/mol. The van der Waals surface area contributed by atoms with Crippen LogP contribution in [0.15, 0.2) is 68.7 Å². The van der Waals surface area contributed by atoms with Crippen LogP contribution in [-0.2, 0) is 16.4 Å². The molecule has 0 bridgehead atoms. The van der Waals surface area contributed by atoms with Crippen LogP contribution in [0.5, 0.6) is 5.75 Å². The maximum atomic E-state index is 13.2. The Kier molecular flexibility index (Phi) is 6.54. The van der Waals surface area contributed by atoms with E-state index in [0.29, 0.717) is 17.9 Å². The lowest BCUT2D eigenvalue weighted by Gasteiger charge is -2.19. The SMILES string of the molecule is O=c1oc(CCCC2CC2C2CC2)cc(O)c1C(c1cccc(NS(=O)(=O)c2ccc(F)cc2)c1)C1CC1. The minimum Gasteiger partial charge on any atom is -0.507 e. The largest absolute Gasteiger partial charge is 0.507 e. The first-order chi connectivity index (χ1) is 18.3. The van der Waals surface area contributed by atoms with Crippen molar-refractivity contribution < 1.29 is 22.3 Å². The second kappa shape index (κ2) is 9.88. The van der Waals surface area contributed by atoms with Crippen LogP contribution in [0.2, 0.25) is 0 Å². The zero-order chi connectivity index (χ0) is 26.4. The molecule has 0 spiro atoms. The Labute approximate surface area is 222 Å². The smallest absolute Gasteiger partial charge is 0.343 e. The highest BCUT2D eigenvalue weighted by Crippen LogP contribution is 2.56. The molecule has 38 heavy (non-hydrogen) atoms. The van der Waals surface area contributed by atoms with Crippen molar-refractivity contribution in [3.05, 3.63) is 87.7 Å². The summed E-state index contributed by atoms with van der Waals surface area (Å²) < 4.78 is 47.1. The van der Waals surface area contributed by atoms with Gasteiger partial charge in [-0.3, -0.25) is 4.72 Å². The van der Waals surface area contributed by atoms with E-state index >= 15 is 0 Å². The van der Waals surface area contributed by atoms with Gasteiger partial charge in [0.2, 0.25) is 0 Å². The fourth-order valence-corrected chi connectivity index (χ4v) is 6.97. The molecule has 6 rings (SSSR count). The number of sulfonamides is 1. The molecule has 0 amide bonds. The van der Waals surface area contributed by atoms with E-state index in [0.717, 1.165) is 61.1 Å². The zero-order valence-electron chi connectivity index (χ0n) is 21.1. The summed E-state index contributed by atoms with van der Waals surface area (Å²) >= 11 is 0. The number of rotatable bonds is 11. The molecule has 3 aliphatic carbocycles. The summed E-state index contributed by atoms with van der Waals surface area (Å²) in [5.74, 6) is 2.37. The van der Waals surface area contributed by atoms with Crippen molar-refractivity contribution in [2.45, 2.75) is 62.2 Å². The minimum absolute atomic E-state index is 0.0540. The molecule has 2 N–H and O–H groups in total. The minimum atomic E-state index is -3.93. The molecule has 3 saturated carbocycles. The van der Waals surface area contributed by atoms with Gasteiger partial charge in [-0.2, -0.15) is 0 Å². The summed E-state index contributed by atoms with van der Waals surface area (Å²) in [5, 5.41) is 10.9. The fraction of sp³-hybridized carbons (Fsp3) is 0.433. The van der Waals surface area contributed by atoms with Gasteiger partial charge in [-0.25, -0.2) is 17.6 Å². The van der Waals surface area contributed by atoms with Gasteiger partial charge in [0, 0.05) is 24.1 Å². The lowest BCUT2D eigenvalue weighted by Crippen LogP contribution is -2.17. The third kappa shape index (κ3) is 5.51. The van der Waals surface area contributed by atoms with Gasteiger partial charge in [-0.05, 0) is 111 Å². The third-order valence-corrected chi connectivity index (χ3v) is 9.64. The maximum absolute atomic E-state index is 13.2. The van der Waals surface area contributed by atoms with Gasteiger partial charge in [-0.15, -0.1) is 0 Å². The van der Waals surface area contributed by atoms with Crippen molar-refractivity contribution in [2.24, 2.45) is 23.7 Å². The Balaban J connectivity index is 1.19. The molecular formula is C30H32FNO5S. The Hall–Kier alpha value is -3.13. The van der Waals surface area contributed by atoms with Gasteiger partial charge in [0.1, 0.15) is 17.3 Å². The summed E-state index contributed by atoms with van der Waals surface area (Å²) in [6, 6.07) is 13.0. The predicted octanol–water partition coefficient (Wildman–Crippen LogP) is 6.20. The standard InChI is InChI=1S/C30H32FNO5S/c31-22-11-13-25(14-12-22)38(35,36)32-23-5-1-4-21(15-23)28(19-9-10-19)29-27(33)17-24(37-30(29)34)6-2-3-20-16-26(20)18-7-8-18/h1,4-5,11-15,17-20,26,28,32-33H,2-3,6-10,16H2. The summed E-state index contributed by atoms with van der Waals surface area (Å²) in [6.07, 6.45) is 8.62. The molecule has 0 aliphatic heterocycles. The molecule has 6 nitrogen and oxygen atoms in total. The van der Waals surface area contributed by atoms with E-state index in [9.17, 15) is 22.7 Å². The van der Waals surface area contributed by atoms with Crippen LogP contribution in [0, 0.1) is 29.5 Å². The van der Waals surface area contributed by atoms with Gasteiger partial charge in [0.25, 0.3) is 10.0 Å². The topological polar surface area (TPSA) is 96.6 Å². The summed E-state index contributed by atoms with van der Waals surface area (Å²) in [6.45, 7) is 0. The van der Waals surface area contributed by atoms with E-state index in [-0.39, 0.29) is 22.1 Å². The van der Waals surface area contributed by atoms with Crippen molar-refractivity contribution in [1.82, 2.24) is 0 Å². The molecule has 3 fully saturated rings. The summed E-state index contributed by atoms with van der Waals surface area (Å²) in [5.41, 5.74) is 0.742. The predicted molar refractivity (Wildman–Crippen MR) is 142 cm³/mol. The zero-order valence-corrected chi connectivity index (χ0v) is 21.9.